The van der Waals surface area contributed by atoms with Gasteiger partial charge >= 0.3 is 0 Å². The monoisotopic (exact) mass is 454 g/mol. The van der Waals surface area contributed by atoms with Crippen LogP contribution in [0.3, 0.4) is 0 Å². The Hall–Kier alpha value is -3.74. The SMILES string of the molecule is CC(C)Cc1nc(N2CCCN(C(=O)c3ccccc3)CC2)c2cnn(-c3ccccc3)c2n1. The van der Waals surface area contributed by atoms with Gasteiger partial charge in [0, 0.05) is 38.2 Å². The molecule has 1 saturated heterocycles. The molecule has 4 aromatic rings. The van der Waals surface area contributed by atoms with Gasteiger partial charge in [-0.15, -0.1) is 0 Å². The summed E-state index contributed by atoms with van der Waals surface area (Å²) >= 11 is 0. The number of para-hydroxylation sites is 1. The molecule has 0 unspecified atom stereocenters. The van der Waals surface area contributed by atoms with Crippen LogP contribution < -0.4 is 4.90 Å². The zero-order chi connectivity index (χ0) is 23.5. The minimum Gasteiger partial charge on any atom is -0.354 e. The fourth-order valence-corrected chi connectivity index (χ4v) is 4.49. The van der Waals surface area contributed by atoms with Crippen molar-refractivity contribution >= 4 is 22.8 Å². The number of nitrogens with zero attached hydrogens (tertiary/aromatic N) is 6. The van der Waals surface area contributed by atoms with Crippen molar-refractivity contribution in [1.82, 2.24) is 24.6 Å². The molecule has 0 radical (unpaired) electrons. The first-order valence-electron chi connectivity index (χ1n) is 12.0. The Morgan fingerprint density at radius 1 is 0.912 bits per heavy atom. The van der Waals surface area contributed by atoms with Gasteiger partial charge < -0.3 is 9.80 Å². The van der Waals surface area contributed by atoms with E-state index < -0.39 is 0 Å². The minimum absolute atomic E-state index is 0.0904. The van der Waals surface area contributed by atoms with Gasteiger partial charge in [0.15, 0.2) is 5.65 Å². The predicted octanol–water partition coefficient (Wildman–Crippen LogP) is 4.37. The fourth-order valence-electron chi connectivity index (χ4n) is 4.49. The van der Waals surface area contributed by atoms with Crippen LogP contribution in [0, 0.1) is 5.92 Å². The summed E-state index contributed by atoms with van der Waals surface area (Å²) in [6.07, 6.45) is 3.56. The van der Waals surface area contributed by atoms with Crippen LogP contribution in [-0.2, 0) is 6.42 Å². The van der Waals surface area contributed by atoms with Crippen molar-refractivity contribution in [3.05, 3.63) is 78.2 Å². The lowest BCUT2D eigenvalue weighted by molar-refractivity contribution is 0.0767. The number of carbonyl (C=O) groups excluding carboxylic acids is 1. The predicted molar refractivity (Wildman–Crippen MR) is 134 cm³/mol. The maximum Gasteiger partial charge on any atom is 0.253 e. The summed E-state index contributed by atoms with van der Waals surface area (Å²) in [4.78, 5) is 27.2. The third-order valence-electron chi connectivity index (χ3n) is 6.15. The number of benzene rings is 2. The molecule has 7 heteroatoms. The van der Waals surface area contributed by atoms with Crippen LogP contribution >= 0.6 is 0 Å². The van der Waals surface area contributed by atoms with Crippen LogP contribution in [0.15, 0.2) is 66.9 Å². The van der Waals surface area contributed by atoms with Gasteiger partial charge in [0.2, 0.25) is 0 Å². The van der Waals surface area contributed by atoms with E-state index >= 15 is 0 Å². The van der Waals surface area contributed by atoms with E-state index in [0.717, 1.165) is 66.4 Å². The zero-order valence-corrected chi connectivity index (χ0v) is 19.8. The number of amides is 1. The summed E-state index contributed by atoms with van der Waals surface area (Å²) in [6, 6.07) is 19.6. The zero-order valence-electron chi connectivity index (χ0n) is 19.8. The van der Waals surface area contributed by atoms with E-state index in [0.29, 0.717) is 12.5 Å². The highest BCUT2D eigenvalue weighted by Crippen LogP contribution is 2.27. The summed E-state index contributed by atoms with van der Waals surface area (Å²) in [5.74, 6) is 2.28. The van der Waals surface area contributed by atoms with Crippen molar-refractivity contribution in [3.8, 4) is 5.69 Å². The molecule has 0 bridgehead atoms. The first-order valence-corrected chi connectivity index (χ1v) is 12.0. The number of hydrogen-bond acceptors (Lipinski definition) is 5. The molecule has 7 nitrogen and oxygen atoms in total. The Kier molecular flexibility index (Phi) is 6.25. The molecule has 0 atom stereocenters. The van der Waals surface area contributed by atoms with Crippen LogP contribution in [0.5, 0.6) is 0 Å². The number of carbonyl (C=O) groups is 1. The third kappa shape index (κ3) is 4.51. The van der Waals surface area contributed by atoms with Crippen molar-refractivity contribution in [2.24, 2.45) is 5.92 Å². The smallest absolute Gasteiger partial charge is 0.253 e. The largest absolute Gasteiger partial charge is 0.354 e. The molecule has 1 aliphatic rings. The van der Waals surface area contributed by atoms with Crippen molar-refractivity contribution in [2.75, 3.05) is 31.1 Å². The second-order valence-electron chi connectivity index (χ2n) is 9.19. The van der Waals surface area contributed by atoms with Gasteiger partial charge in [0.25, 0.3) is 5.91 Å². The Labute approximate surface area is 200 Å². The molecule has 34 heavy (non-hydrogen) atoms. The van der Waals surface area contributed by atoms with Gasteiger partial charge in [-0.2, -0.15) is 5.10 Å². The second kappa shape index (κ2) is 9.63. The Morgan fingerprint density at radius 3 is 2.38 bits per heavy atom. The molecular weight excluding hydrogens is 424 g/mol. The highest BCUT2D eigenvalue weighted by molar-refractivity contribution is 5.94. The van der Waals surface area contributed by atoms with Gasteiger partial charge in [0.05, 0.1) is 17.3 Å². The lowest BCUT2D eigenvalue weighted by atomic mass is 10.1. The topological polar surface area (TPSA) is 67.2 Å². The summed E-state index contributed by atoms with van der Waals surface area (Å²) in [5.41, 5.74) is 2.55. The van der Waals surface area contributed by atoms with Crippen LogP contribution in [0.1, 0.15) is 36.5 Å². The van der Waals surface area contributed by atoms with E-state index in [1.54, 1.807) is 0 Å². The summed E-state index contributed by atoms with van der Waals surface area (Å²) in [6.45, 7) is 7.32. The van der Waals surface area contributed by atoms with E-state index in [1.807, 2.05) is 76.4 Å². The second-order valence-corrected chi connectivity index (χ2v) is 9.19. The summed E-state index contributed by atoms with van der Waals surface area (Å²) in [7, 11) is 0. The molecule has 0 aliphatic carbocycles. The molecule has 5 rings (SSSR count). The standard InChI is InChI=1S/C27H30N6O/c1-20(2)18-24-29-25(23-19-28-33(26(23)30-24)22-12-7-4-8-13-22)31-14-9-15-32(17-16-31)27(34)21-10-5-3-6-11-21/h3-8,10-13,19-20H,9,14-18H2,1-2H3. The molecule has 1 amide bonds. The van der Waals surface area contributed by atoms with Gasteiger partial charge in [-0.1, -0.05) is 50.2 Å². The first-order chi connectivity index (χ1) is 16.6. The average Bonchev–Trinajstić information content (AvgIpc) is 3.12. The summed E-state index contributed by atoms with van der Waals surface area (Å²) < 4.78 is 1.90. The lowest BCUT2D eigenvalue weighted by Gasteiger charge is -2.24. The third-order valence-corrected chi connectivity index (χ3v) is 6.15. The van der Waals surface area contributed by atoms with Crippen molar-refractivity contribution in [1.29, 1.82) is 0 Å². The molecule has 0 spiro atoms. The molecule has 3 heterocycles. The van der Waals surface area contributed by atoms with Crippen molar-refractivity contribution in [3.63, 3.8) is 0 Å². The van der Waals surface area contributed by atoms with E-state index in [1.165, 1.54) is 0 Å². The Bertz CT molecular complexity index is 1270. The highest BCUT2D eigenvalue weighted by Gasteiger charge is 2.24. The molecule has 2 aromatic heterocycles. The molecule has 2 aromatic carbocycles. The van der Waals surface area contributed by atoms with E-state index in [9.17, 15) is 4.79 Å². The number of anilines is 1. The van der Waals surface area contributed by atoms with Crippen LogP contribution in [0.4, 0.5) is 5.82 Å². The van der Waals surface area contributed by atoms with Crippen LogP contribution in [0.2, 0.25) is 0 Å². The highest BCUT2D eigenvalue weighted by atomic mass is 16.2. The number of rotatable bonds is 5. The number of hydrogen-bond donors (Lipinski definition) is 0. The van der Waals surface area contributed by atoms with Crippen LogP contribution in [0.25, 0.3) is 16.7 Å². The number of aromatic nitrogens is 4. The number of fused-ring (bicyclic) bond motifs is 1. The van der Waals surface area contributed by atoms with E-state index in [-0.39, 0.29) is 5.91 Å². The Balaban J connectivity index is 1.47. The van der Waals surface area contributed by atoms with Gasteiger partial charge in [-0.3, -0.25) is 4.79 Å². The van der Waals surface area contributed by atoms with Gasteiger partial charge in [-0.25, -0.2) is 14.6 Å². The lowest BCUT2D eigenvalue weighted by Crippen LogP contribution is -2.35. The average molecular weight is 455 g/mol. The van der Waals surface area contributed by atoms with E-state index in [2.05, 4.69) is 23.8 Å². The van der Waals surface area contributed by atoms with Crippen molar-refractivity contribution < 1.29 is 4.79 Å². The van der Waals surface area contributed by atoms with Gasteiger partial charge in [0.1, 0.15) is 11.6 Å². The molecule has 1 fully saturated rings. The quantitative estimate of drug-likeness (QED) is 0.448. The molecule has 0 N–H and O–H groups in total. The molecule has 174 valence electrons. The van der Waals surface area contributed by atoms with E-state index in [4.69, 9.17) is 9.97 Å². The van der Waals surface area contributed by atoms with Crippen LogP contribution in [-0.4, -0.2) is 56.7 Å². The fraction of sp³-hybridized carbons (Fsp3) is 0.333. The Morgan fingerprint density at radius 2 is 1.65 bits per heavy atom. The molecular formula is C27H30N6O. The molecule has 0 saturated carbocycles. The van der Waals surface area contributed by atoms with Gasteiger partial charge in [-0.05, 0) is 36.6 Å². The maximum absolute atomic E-state index is 13.0. The maximum atomic E-state index is 13.0. The normalized spacial score (nSPS) is 14.6. The first kappa shape index (κ1) is 22.1. The summed E-state index contributed by atoms with van der Waals surface area (Å²) in [5, 5.41) is 5.61. The molecule has 1 aliphatic heterocycles. The van der Waals surface area contributed by atoms with Crippen molar-refractivity contribution in [2.45, 2.75) is 26.7 Å². The minimum atomic E-state index is 0.0904.